The number of aromatic nitrogens is 1. The number of rotatable bonds is 6. The number of nitrogens with zero attached hydrogens (tertiary/aromatic N) is 7. The van der Waals surface area contributed by atoms with Crippen LogP contribution in [-0.4, -0.2) is 181 Å². The van der Waals surface area contributed by atoms with E-state index in [0.29, 0.717) is 31.8 Å². The van der Waals surface area contributed by atoms with Crippen molar-refractivity contribution >= 4 is 97.9 Å². The molecule has 378 valence electrons. The number of nitrogens with two attached hydrogens (primary N) is 1. The van der Waals surface area contributed by atoms with Gasteiger partial charge in [0, 0.05) is 234 Å². The molecule has 9 fully saturated rings. The molecule has 0 bridgehead atoms. The van der Waals surface area contributed by atoms with E-state index in [4.69, 9.17) is 15.2 Å². The van der Waals surface area contributed by atoms with Crippen LogP contribution in [0.2, 0.25) is 0 Å². The molecule has 11 aliphatic rings. The van der Waals surface area contributed by atoms with Crippen LogP contribution in [0.3, 0.4) is 0 Å². The van der Waals surface area contributed by atoms with Gasteiger partial charge in [0.1, 0.15) is 5.78 Å². The average molecular weight is 1090 g/mol. The molecule has 1 spiro atoms. The lowest BCUT2D eigenvalue weighted by molar-refractivity contribution is -0.179. The summed E-state index contributed by atoms with van der Waals surface area (Å²) in [6.07, 6.45) is 24.4. The first kappa shape index (κ1) is 53.4. The van der Waals surface area contributed by atoms with Gasteiger partial charge in [-0.2, -0.15) is 0 Å². The molecule has 0 aromatic carbocycles. The number of Topliss-reactive ketones (excluding diaryl/α,β-unsaturated/α-hetero) is 1. The molecule has 5 aliphatic heterocycles. The van der Waals surface area contributed by atoms with Gasteiger partial charge in [0.2, 0.25) is 0 Å². The van der Waals surface area contributed by atoms with Crippen LogP contribution in [-0.2, 0) is 103 Å². The van der Waals surface area contributed by atoms with E-state index in [2.05, 4.69) is 68.2 Å². The lowest BCUT2D eigenvalue weighted by atomic mass is 9.93. The quantitative estimate of drug-likeness (QED) is 0.416. The summed E-state index contributed by atoms with van der Waals surface area (Å²) in [5, 5.41) is 4.11. The Morgan fingerprint density at radius 1 is 0.627 bits per heavy atom. The third kappa shape index (κ3) is 17.3. The Morgan fingerprint density at radius 3 is 1.61 bits per heavy atom. The van der Waals surface area contributed by atoms with E-state index in [0.717, 1.165) is 54.6 Å². The number of hydrogen-bond acceptors (Lipinski definition) is 15. The van der Waals surface area contributed by atoms with Gasteiger partial charge >= 0.3 is 0 Å². The summed E-state index contributed by atoms with van der Waals surface area (Å²) in [4.78, 5) is 32.9. The number of anilines is 1. The zero-order valence-electron chi connectivity index (χ0n) is 39.6. The Bertz CT molecular complexity index is 1980. The molecule has 3 N–H and O–H groups in total. The normalized spacial score (nSPS) is 28.1. The molecule has 21 heteroatoms. The fourth-order valence-corrected chi connectivity index (χ4v) is 23.1. The van der Waals surface area contributed by atoms with Crippen molar-refractivity contribution in [3.8, 4) is 0 Å². The molecule has 12 rings (SSSR count). The van der Waals surface area contributed by atoms with Crippen LogP contribution in [0.25, 0.3) is 0 Å². The van der Waals surface area contributed by atoms with E-state index in [1.807, 2.05) is 0 Å². The number of likely N-dealkylation sites (tertiary alicyclic amines) is 1. The number of allylic oxidation sites excluding steroid dienone is 1. The number of ketones is 1. The van der Waals surface area contributed by atoms with Gasteiger partial charge in [-0.05, 0) is 89.9 Å². The summed E-state index contributed by atoms with van der Waals surface area (Å²) in [5.74, 6) is -0.0248. The maximum absolute atomic E-state index is 10.9. The Kier molecular flexibility index (Phi) is 22.3. The van der Waals surface area contributed by atoms with Crippen molar-refractivity contribution in [2.75, 3.05) is 111 Å². The van der Waals surface area contributed by atoms with E-state index in [9.17, 15) is 4.79 Å². The SMILES string of the molecule is C1=C(N2CCCC2)CCC(N2CCN(C3CC3)CC2)C1.C1CN(C2CC2)CCN1.Nc1nc2c(s1)CC(N1CCN(C3CC3)CC1)CC2.O=C1CCC2(CC1)OCCO2.S=S=S=S=S=S=S=S. The number of hydrogen-bond donors (Lipinski definition) is 2. The van der Waals surface area contributed by atoms with Crippen LogP contribution in [0.15, 0.2) is 11.8 Å². The molecule has 5 saturated heterocycles. The maximum atomic E-state index is 10.9. The first-order valence-corrected chi connectivity index (χ1v) is 35.7. The van der Waals surface area contributed by atoms with Gasteiger partial charge in [-0.25, -0.2) is 4.98 Å². The Hall–Kier alpha value is 0.0800. The lowest BCUT2D eigenvalue weighted by Crippen LogP contribution is -2.52. The van der Waals surface area contributed by atoms with Crippen LogP contribution in [0.5, 0.6) is 0 Å². The largest absolute Gasteiger partial charge is 0.375 e. The number of aryl methyl sites for hydroxylation is 1. The predicted molar refractivity (Wildman–Crippen MR) is 296 cm³/mol. The number of thiazole rings is 1. The summed E-state index contributed by atoms with van der Waals surface area (Å²) in [6.45, 7) is 19.3. The molecular weight excluding hydrogens is 1020 g/mol. The van der Waals surface area contributed by atoms with E-state index in [1.165, 1.54) is 203 Å². The molecule has 1 aromatic rings. The van der Waals surface area contributed by atoms with Crippen molar-refractivity contribution in [2.24, 2.45) is 0 Å². The Labute approximate surface area is 432 Å². The minimum atomic E-state index is -0.367. The minimum Gasteiger partial charge on any atom is -0.375 e. The van der Waals surface area contributed by atoms with Gasteiger partial charge in [0.25, 0.3) is 0 Å². The van der Waals surface area contributed by atoms with Gasteiger partial charge < -0.3 is 25.4 Å². The van der Waals surface area contributed by atoms with Crippen LogP contribution in [0.4, 0.5) is 5.13 Å². The first-order chi connectivity index (χ1) is 32.9. The molecule has 12 nitrogen and oxygen atoms in total. The van der Waals surface area contributed by atoms with Crippen molar-refractivity contribution in [3.63, 3.8) is 0 Å². The van der Waals surface area contributed by atoms with Gasteiger partial charge in [-0.15, -0.1) is 11.3 Å². The fraction of sp³-hybridized carbons (Fsp3) is 0.870. The number of nitrogen functional groups attached to an aromatic ring is 1. The highest BCUT2D eigenvalue weighted by molar-refractivity contribution is 8.70. The summed E-state index contributed by atoms with van der Waals surface area (Å²) < 4.78 is 10.9. The number of piperazine rings is 3. The van der Waals surface area contributed by atoms with Crippen LogP contribution < -0.4 is 11.1 Å². The Balaban J connectivity index is 0.000000119. The second-order valence-electron chi connectivity index (χ2n) is 19.8. The molecule has 67 heavy (non-hydrogen) atoms. The average Bonchev–Trinajstić information content (AvgIpc) is 4.34. The first-order valence-electron chi connectivity index (χ1n) is 25.5. The van der Waals surface area contributed by atoms with Gasteiger partial charge in [-0.3, -0.25) is 29.3 Å². The van der Waals surface area contributed by atoms with E-state index >= 15 is 0 Å². The van der Waals surface area contributed by atoms with Crippen LogP contribution in [0, 0.1) is 0 Å². The molecule has 6 aliphatic carbocycles. The maximum Gasteiger partial charge on any atom is 0.180 e. The monoisotopic (exact) mass is 1090 g/mol. The molecule has 4 saturated carbocycles. The molecule has 1 aromatic heterocycles. The molecule has 2 atom stereocenters. The third-order valence-electron chi connectivity index (χ3n) is 15.4. The van der Waals surface area contributed by atoms with Gasteiger partial charge in [0.15, 0.2) is 10.9 Å². The van der Waals surface area contributed by atoms with Crippen LogP contribution >= 0.6 is 11.3 Å². The van der Waals surface area contributed by atoms with E-state index < -0.39 is 0 Å². The van der Waals surface area contributed by atoms with Crippen molar-refractivity contribution in [1.82, 2.24) is 39.7 Å². The van der Waals surface area contributed by atoms with Crippen molar-refractivity contribution in [1.29, 1.82) is 0 Å². The minimum absolute atomic E-state index is 0.342. The fourth-order valence-electron chi connectivity index (χ4n) is 11.2. The second-order valence-corrected chi connectivity index (χ2v) is 31.5. The van der Waals surface area contributed by atoms with Gasteiger partial charge in [0.05, 0.1) is 18.9 Å². The molecular formula is C46H77N9O3S9. The highest BCUT2D eigenvalue weighted by atomic mass is 33.4. The van der Waals surface area contributed by atoms with Crippen molar-refractivity contribution in [2.45, 2.75) is 152 Å². The van der Waals surface area contributed by atoms with Gasteiger partial charge in [-0.1, -0.05) is 6.08 Å². The standard InChI is InChI=1S/C17H29N3.C14H22N4S.C8H12O3.C7H14N2.S8/c1-2-10-18(9-1)15-3-5-16(6-4-15)19-11-13-20(14-12-19)17-7-8-17;15-14-16-12-4-3-11(9-13(12)19-14)18-7-5-17(6-8-18)10-1-2-10;9-7-1-3-8(4-2-7)10-5-6-11-8;1-2-7(1)9-5-3-8-4-6-9;1-3-5-7-8-6-4-2/h3,16-17H,1-2,4-14H2;10-11H,1-9H2,(H2,15,16);1-6H2;7-8H,1-6H2;. The van der Waals surface area contributed by atoms with Crippen molar-refractivity contribution < 1.29 is 14.3 Å². The number of fused-ring (bicyclic) bond motifs is 1. The second kappa shape index (κ2) is 27.9. The van der Waals surface area contributed by atoms with E-state index in [-0.39, 0.29) is 5.79 Å². The molecule has 6 heterocycles. The summed E-state index contributed by atoms with van der Waals surface area (Å²) in [6, 6.07) is 4.44. The summed E-state index contributed by atoms with van der Waals surface area (Å²) in [7, 11) is 9.12. The highest BCUT2D eigenvalue weighted by Gasteiger charge is 2.40. The number of ether oxygens (including phenoxy) is 2. The van der Waals surface area contributed by atoms with Crippen LogP contribution in [0.1, 0.15) is 113 Å². The molecule has 2 unspecified atom stereocenters. The Morgan fingerprint density at radius 2 is 1.12 bits per heavy atom. The molecule has 0 radical (unpaired) electrons. The predicted octanol–water partition coefficient (Wildman–Crippen LogP) is 4.57. The zero-order chi connectivity index (χ0) is 46.3. The highest BCUT2D eigenvalue weighted by Crippen LogP contribution is 2.35. The number of carbonyl (C=O) groups is 1. The third-order valence-corrected chi connectivity index (χ3v) is 27.5. The van der Waals surface area contributed by atoms with E-state index in [1.54, 1.807) is 52.6 Å². The summed E-state index contributed by atoms with van der Waals surface area (Å²) >= 11 is 10.9. The molecule has 0 amide bonds. The summed E-state index contributed by atoms with van der Waals surface area (Å²) in [5.41, 5.74) is 8.76. The lowest BCUT2D eigenvalue weighted by Gasteiger charge is -2.41. The topological polar surface area (TPSA) is 106 Å². The number of nitrogens with one attached hydrogen (secondary N) is 1. The van der Waals surface area contributed by atoms with Crippen molar-refractivity contribution in [3.05, 3.63) is 22.3 Å². The smallest absolute Gasteiger partial charge is 0.180 e. The number of carbonyl (C=O) groups excluding carboxylic acids is 1. The zero-order valence-corrected chi connectivity index (χ0v) is 47.0.